The molecule has 0 aliphatic carbocycles. The lowest BCUT2D eigenvalue weighted by atomic mass is 10.1. The molecule has 0 spiro atoms. The van der Waals surface area contributed by atoms with Crippen LogP contribution in [0.5, 0.6) is 5.75 Å². The van der Waals surface area contributed by atoms with E-state index < -0.39 is 5.91 Å². The zero-order chi connectivity index (χ0) is 22.4. The lowest BCUT2D eigenvalue weighted by Crippen LogP contribution is -2.14. The topological polar surface area (TPSA) is 62.1 Å². The van der Waals surface area contributed by atoms with Crippen LogP contribution in [0.2, 0.25) is 0 Å². The normalized spacial score (nSPS) is 11.0. The van der Waals surface area contributed by atoms with E-state index in [0.29, 0.717) is 23.6 Å². The number of carbonyl (C=O) groups is 1. The number of hydrogen-bond donors (Lipinski definition) is 1. The van der Waals surface area contributed by atoms with Crippen LogP contribution in [0.3, 0.4) is 0 Å². The van der Waals surface area contributed by atoms with E-state index in [0.717, 1.165) is 21.2 Å². The number of aryl methyl sites for hydroxylation is 2. The Labute approximate surface area is 191 Å². The van der Waals surface area contributed by atoms with Gasteiger partial charge < -0.3 is 10.1 Å². The highest BCUT2D eigenvalue weighted by Crippen LogP contribution is 2.27. The van der Waals surface area contributed by atoms with Gasteiger partial charge in [-0.1, -0.05) is 57.9 Å². The minimum Gasteiger partial charge on any atom is -0.488 e. The Hall–Kier alpha value is -3.36. The molecule has 3 aromatic rings. The van der Waals surface area contributed by atoms with Crippen LogP contribution in [0.1, 0.15) is 27.8 Å². The van der Waals surface area contributed by atoms with E-state index in [4.69, 9.17) is 4.74 Å². The van der Waals surface area contributed by atoms with Gasteiger partial charge in [-0.3, -0.25) is 4.79 Å². The first-order chi connectivity index (χ1) is 14.9. The van der Waals surface area contributed by atoms with Crippen LogP contribution in [-0.2, 0) is 11.4 Å². The zero-order valence-corrected chi connectivity index (χ0v) is 19.3. The maximum atomic E-state index is 12.8. The van der Waals surface area contributed by atoms with Crippen LogP contribution in [-0.4, -0.2) is 5.91 Å². The summed E-state index contributed by atoms with van der Waals surface area (Å²) in [5.41, 5.74) is 5.60. The Morgan fingerprint density at radius 2 is 1.84 bits per heavy atom. The van der Waals surface area contributed by atoms with Gasteiger partial charge in [-0.15, -0.1) is 0 Å². The second-order valence-electron chi connectivity index (χ2n) is 7.33. The lowest BCUT2D eigenvalue weighted by Gasteiger charge is -2.12. The highest BCUT2D eigenvalue weighted by molar-refractivity contribution is 9.10. The summed E-state index contributed by atoms with van der Waals surface area (Å²) in [6.45, 7) is 6.34. The highest BCUT2D eigenvalue weighted by atomic mass is 79.9. The number of carbonyl (C=O) groups excluding carboxylic acids is 1. The van der Waals surface area contributed by atoms with Crippen molar-refractivity contribution in [2.45, 2.75) is 27.4 Å². The van der Waals surface area contributed by atoms with E-state index >= 15 is 0 Å². The molecule has 0 saturated carbocycles. The number of amides is 1. The first-order valence-electron chi connectivity index (χ1n) is 9.84. The smallest absolute Gasteiger partial charge is 0.266 e. The molecule has 1 amide bonds. The molecule has 4 nitrogen and oxygen atoms in total. The minimum atomic E-state index is -0.458. The van der Waals surface area contributed by atoms with Gasteiger partial charge in [0, 0.05) is 15.7 Å². The van der Waals surface area contributed by atoms with Crippen LogP contribution in [0.25, 0.3) is 6.08 Å². The van der Waals surface area contributed by atoms with E-state index in [2.05, 4.69) is 21.2 Å². The number of halogens is 1. The Morgan fingerprint density at radius 1 is 1.10 bits per heavy atom. The van der Waals surface area contributed by atoms with Crippen molar-refractivity contribution in [3.8, 4) is 11.8 Å². The molecular weight excluding hydrogens is 452 g/mol. The molecule has 0 aliphatic rings. The fourth-order valence-corrected chi connectivity index (χ4v) is 3.37. The van der Waals surface area contributed by atoms with Crippen molar-refractivity contribution < 1.29 is 9.53 Å². The summed E-state index contributed by atoms with van der Waals surface area (Å²) in [7, 11) is 0. The third kappa shape index (κ3) is 5.84. The van der Waals surface area contributed by atoms with Crippen molar-refractivity contribution in [3.05, 3.63) is 98.5 Å². The van der Waals surface area contributed by atoms with E-state index in [-0.39, 0.29) is 5.57 Å². The lowest BCUT2D eigenvalue weighted by molar-refractivity contribution is -0.112. The summed E-state index contributed by atoms with van der Waals surface area (Å²) in [5.74, 6) is 0.136. The second kappa shape index (κ2) is 10.1. The van der Waals surface area contributed by atoms with Gasteiger partial charge in [0.25, 0.3) is 5.91 Å². The molecule has 0 radical (unpaired) electrons. The second-order valence-corrected chi connectivity index (χ2v) is 8.24. The maximum Gasteiger partial charge on any atom is 0.266 e. The maximum absolute atomic E-state index is 12.8. The number of nitriles is 1. The Bertz CT molecular complexity index is 1180. The molecular formula is C26H23BrN2O2. The molecule has 0 aromatic heterocycles. The predicted molar refractivity (Wildman–Crippen MR) is 128 cm³/mol. The number of nitrogens with zero attached hydrogens (tertiary/aromatic N) is 1. The van der Waals surface area contributed by atoms with Crippen molar-refractivity contribution in [1.82, 2.24) is 0 Å². The molecule has 31 heavy (non-hydrogen) atoms. The average molecular weight is 475 g/mol. The molecule has 0 unspecified atom stereocenters. The fraction of sp³-hybridized carbons (Fsp3) is 0.154. The molecule has 0 fully saturated rings. The summed E-state index contributed by atoms with van der Waals surface area (Å²) in [6, 6.07) is 21.3. The summed E-state index contributed by atoms with van der Waals surface area (Å²) >= 11 is 3.45. The fourth-order valence-electron chi connectivity index (χ4n) is 2.99. The molecule has 3 aromatic carbocycles. The van der Waals surface area contributed by atoms with Crippen LogP contribution < -0.4 is 10.1 Å². The molecule has 156 valence electrons. The first-order valence-corrected chi connectivity index (χ1v) is 10.6. The number of anilines is 1. The molecule has 0 bridgehead atoms. The van der Waals surface area contributed by atoms with E-state index in [9.17, 15) is 10.1 Å². The van der Waals surface area contributed by atoms with Gasteiger partial charge in [-0.25, -0.2) is 0 Å². The van der Waals surface area contributed by atoms with Gasteiger partial charge in [0.15, 0.2) is 0 Å². The molecule has 0 atom stereocenters. The quantitative estimate of drug-likeness (QED) is 0.327. The number of benzene rings is 3. The number of rotatable bonds is 6. The van der Waals surface area contributed by atoms with Crippen LogP contribution in [0.15, 0.2) is 70.7 Å². The molecule has 3 rings (SSSR count). The monoisotopic (exact) mass is 474 g/mol. The van der Waals surface area contributed by atoms with E-state index in [1.165, 1.54) is 5.56 Å². The van der Waals surface area contributed by atoms with Gasteiger partial charge in [-0.2, -0.15) is 5.26 Å². The molecule has 5 heteroatoms. The van der Waals surface area contributed by atoms with Crippen LogP contribution >= 0.6 is 15.9 Å². The van der Waals surface area contributed by atoms with Crippen LogP contribution in [0.4, 0.5) is 5.69 Å². The summed E-state index contributed by atoms with van der Waals surface area (Å²) in [5, 5.41) is 12.5. The number of nitrogens with one attached hydrogen (secondary N) is 1. The van der Waals surface area contributed by atoms with Crippen LogP contribution in [0, 0.1) is 32.1 Å². The van der Waals surface area contributed by atoms with Crippen molar-refractivity contribution in [2.75, 3.05) is 5.32 Å². The highest BCUT2D eigenvalue weighted by Gasteiger charge is 2.13. The number of ether oxygens (including phenoxy) is 1. The summed E-state index contributed by atoms with van der Waals surface area (Å²) in [4.78, 5) is 12.8. The Kier molecular flexibility index (Phi) is 7.28. The first kappa shape index (κ1) is 22.3. The van der Waals surface area contributed by atoms with Crippen molar-refractivity contribution >= 4 is 33.6 Å². The molecule has 1 N–H and O–H groups in total. The molecule has 0 saturated heterocycles. The SMILES string of the molecule is Cc1ccc(COc2ccc(Br)cc2/C=C(\C#N)C(=O)Nc2cccc(C)c2C)cc1. The van der Waals surface area contributed by atoms with Crippen molar-refractivity contribution in [2.24, 2.45) is 0 Å². The third-order valence-electron chi connectivity index (χ3n) is 5.00. The summed E-state index contributed by atoms with van der Waals surface area (Å²) in [6.07, 6.45) is 1.55. The van der Waals surface area contributed by atoms with E-state index in [1.807, 2.05) is 87.5 Å². The third-order valence-corrected chi connectivity index (χ3v) is 5.50. The summed E-state index contributed by atoms with van der Waals surface area (Å²) < 4.78 is 6.82. The average Bonchev–Trinajstić information content (AvgIpc) is 2.75. The largest absolute Gasteiger partial charge is 0.488 e. The van der Waals surface area contributed by atoms with Gasteiger partial charge in [0.05, 0.1) is 0 Å². The minimum absolute atomic E-state index is 0.000748. The zero-order valence-electron chi connectivity index (χ0n) is 17.7. The Balaban J connectivity index is 1.84. The van der Waals surface area contributed by atoms with Gasteiger partial charge in [0.1, 0.15) is 24.0 Å². The molecule has 0 aliphatic heterocycles. The molecule has 0 heterocycles. The van der Waals surface area contributed by atoms with E-state index in [1.54, 1.807) is 6.08 Å². The predicted octanol–water partition coefficient (Wildman–Crippen LogP) is 6.50. The van der Waals surface area contributed by atoms with Crippen molar-refractivity contribution in [1.29, 1.82) is 5.26 Å². The Morgan fingerprint density at radius 3 is 2.55 bits per heavy atom. The standard InChI is InChI=1S/C26H23BrN2O2/c1-17-7-9-20(10-8-17)16-31-25-12-11-23(27)14-21(25)13-22(15-28)26(30)29-24-6-4-5-18(2)19(24)3/h4-14H,16H2,1-3H3,(H,29,30)/b22-13+. The van der Waals surface area contributed by atoms with Crippen molar-refractivity contribution in [3.63, 3.8) is 0 Å². The van der Waals surface area contributed by atoms with Gasteiger partial charge in [-0.05, 0) is 67.8 Å². The van der Waals surface area contributed by atoms with Gasteiger partial charge >= 0.3 is 0 Å². The number of hydrogen-bond acceptors (Lipinski definition) is 3. The van der Waals surface area contributed by atoms with Gasteiger partial charge in [0.2, 0.25) is 0 Å².